The van der Waals surface area contributed by atoms with Gasteiger partial charge in [0.1, 0.15) is 6.79 Å². The van der Waals surface area contributed by atoms with Crippen molar-refractivity contribution >= 4 is 0 Å². The third-order valence-corrected chi connectivity index (χ3v) is 0.421. The van der Waals surface area contributed by atoms with Gasteiger partial charge in [0.2, 0.25) is 0 Å². The molecule has 1 unspecified atom stereocenters. The summed E-state index contributed by atoms with van der Waals surface area (Å²) in [6.45, 7) is 1.50. The van der Waals surface area contributed by atoms with Gasteiger partial charge in [-0.1, -0.05) is 0 Å². The normalized spacial score (nSPS) is 14.1. The lowest BCUT2D eigenvalue weighted by Gasteiger charge is -2.00. The van der Waals surface area contributed by atoms with Crippen molar-refractivity contribution in [2.75, 3.05) is 13.9 Å². The monoisotopic (exact) mass is 105 g/mol. The smallest absolute Gasteiger partial charge is 0.191 e. The Labute approximate surface area is 42.9 Å². The molecular weight excluding hydrogens is 96.0 g/mol. The van der Waals surface area contributed by atoms with Gasteiger partial charge in [0.05, 0.1) is 0 Å². The lowest BCUT2D eigenvalue weighted by molar-refractivity contribution is -0.178. The van der Waals surface area contributed by atoms with E-state index in [1.807, 2.05) is 0 Å². The molecule has 1 radical (unpaired) electrons. The van der Waals surface area contributed by atoms with E-state index < -0.39 is 6.29 Å². The summed E-state index contributed by atoms with van der Waals surface area (Å²) in [6, 6.07) is 0. The second kappa shape index (κ2) is 4.05. The molecule has 0 N–H and O–H groups in total. The Morgan fingerprint density at radius 2 is 2.29 bits per heavy atom. The van der Waals surface area contributed by atoms with Crippen LogP contribution in [0, 0.1) is 0 Å². The predicted molar refractivity (Wildman–Crippen MR) is 23.1 cm³/mol. The minimum atomic E-state index is -0.972. The van der Waals surface area contributed by atoms with E-state index in [0.29, 0.717) is 0 Å². The molecule has 0 heterocycles. The Bertz CT molecular complexity index is 35.9. The fourth-order valence-corrected chi connectivity index (χ4v) is 0.164. The average molecular weight is 105 g/mol. The van der Waals surface area contributed by atoms with Gasteiger partial charge in [-0.15, -0.1) is 0 Å². The molecule has 0 aliphatic heterocycles. The van der Waals surface area contributed by atoms with Gasteiger partial charge in [-0.3, -0.25) is 0 Å². The molecule has 0 aliphatic carbocycles. The van der Waals surface area contributed by atoms with Gasteiger partial charge >= 0.3 is 0 Å². The number of methoxy groups -OCH3 is 1. The summed E-state index contributed by atoms with van der Waals surface area (Å²) in [4.78, 5) is 0. The zero-order valence-corrected chi connectivity index (χ0v) is 4.51. The predicted octanol–water partition coefficient (Wildman–Crippen LogP) is 0.383. The molecule has 7 heavy (non-hydrogen) atoms. The molecule has 0 aromatic carbocycles. The first-order valence-electron chi connectivity index (χ1n) is 2.03. The molecule has 0 rings (SSSR count). The fourth-order valence-electron chi connectivity index (χ4n) is 0.164. The summed E-state index contributed by atoms with van der Waals surface area (Å²) >= 11 is 0. The zero-order chi connectivity index (χ0) is 5.70. The van der Waals surface area contributed by atoms with E-state index in [2.05, 4.69) is 9.47 Å². The standard InChI is InChI=1S/C4H9O3/c1-4(5)7-3-6-2/h4H,3H2,1-2H3. The third kappa shape index (κ3) is 5.88. The maximum atomic E-state index is 9.98. The van der Waals surface area contributed by atoms with E-state index in [0.717, 1.165) is 0 Å². The molecule has 0 fully saturated rings. The summed E-state index contributed by atoms with van der Waals surface area (Å²) < 4.78 is 8.84. The van der Waals surface area contributed by atoms with Gasteiger partial charge in [-0.25, -0.2) is 5.11 Å². The molecule has 0 bridgehead atoms. The maximum absolute atomic E-state index is 9.98. The Hall–Kier alpha value is -0.120. The minimum Gasteiger partial charge on any atom is -0.359 e. The highest BCUT2D eigenvalue weighted by Gasteiger charge is 1.91. The summed E-state index contributed by atoms with van der Waals surface area (Å²) in [5.41, 5.74) is 0. The van der Waals surface area contributed by atoms with E-state index in [9.17, 15) is 5.11 Å². The van der Waals surface area contributed by atoms with Gasteiger partial charge in [-0.05, 0) is 6.92 Å². The van der Waals surface area contributed by atoms with Crippen LogP contribution in [0.25, 0.3) is 0 Å². The number of rotatable bonds is 3. The van der Waals surface area contributed by atoms with Crippen molar-refractivity contribution in [2.45, 2.75) is 13.2 Å². The summed E-state index contributed by atoms with van der Waals surface area (Å²) in [7, 11) is 1.47. The Balaban J connectivity index is 2.68. The van der Waals surface area contributed by atoms with Gasteiger partial charge < -0.3 is 9.47 Å². The highest BCUT2D eigenvalue weighted by Crippen LogP contribution is 1.82. The van der Waals surface area contributed by atoms with Gasteiger partial charge in [0.15, 0.2) is 6.29 Å². The van der Waals surface area contributed by atoms with Crippen molar-refractivity contribution in [1.82, 2.24) is 0 Å². The van der Waals surface area contributed by atoms with E-state index >= 15 is 0 Å². The van der Waals surface area contributed by atoms with Gasteiger partial charge in [0, 0.05) is 7.11 Å². The number of hydrogen-bond acceptors (Lipinski definition) is 2. The quantitative estimate of drug-likeness (QED) is 0.487. The first kappa shape index (κ1) is 6.88. The molecule has 3 nitrogen and oxygen atoms in total. The Morgan fingerprint density at radius 1 is 1.71 bits per heavy atom. The first-order chi connectivity index (χ1) is 3.27. The van der Waals surface area contributed by atoms with Crippen LogP contribution in [0.2, 0.25) is 0 Å². The van der Waals surface area contributed by atoms with Crippen LogP contribution in [0.3, 0.4) is 0 Å². The lowest BCUT2D eigenvalue weighted by atomic mass is 10.8. The highest BCUT2D eigenvalue weighted by molar-refractivity contribution is 4.14. The average Bonchev–Trinajstić information content (AvgIpc) is 1.61. The molecule has 1 atom stereocenters. The molecule has 43 valence electrons. The van der Waals surface area contributed by atoms with E-state index in [4.69, 9.17) is 0 Å². The zero-order valence-electron chi connectivity index (χ0n) is 4.51. The molecular formula is C4H9O3. The second-order valence-corrected chi connectivity index (χ2v) is 1.14. The van der Waals surface area contributed by atoms with Crippen LogP contribution in [0.5, 0.6) is 0 Å². The molecule has 0 saturated heterocycles. The van der Waals surface area contributed by atoms with Crippen molar-refractivity contribution < 1.29 is 14.6 Å². The fraction of sp³-hybridized carbons (Fsp3) is 1.00. The Kier molecular flexibility index (Phi) is 3.98. The third-order valence-electron chi connectivity index (χ3n) is 0.421. The summed E-state index contributed by atoms with van der Waals surface area (Å²) in [5, 5.41) is 9.98. The molecule has 0 aromatic heterocycles. The maximum Gasteiger partial charge on any atom is 0.191 e. The molecule has 0 aliphatic rings. The van der Waals surface area contributed by atoms with E-state index in [-0.39, 0.29) is 6.79 Å². The SMILES string of the molecule is COCOC(C)[O]. The van der Waals surface area contributed by atoms with Crippen LogP contribution >= 0.6 is 0 Å². The molecule has 0 aromatic rings. The first-order valence-corrected chi connectivity index (χ1v) is 2.03. The van der Waals surface area contributed by atoms with Crippen molar-refractivity contribution in [3.63, 3.8) is 0 Å². The van der Waals surface area contributed by atoms with E-state index in [1.165, 1.54) is 14.0 Å². The summed E-state index contributed by atoms with van der Waals surface area (Å²) in [5.74, 6) is 0. The van der Waals surface area contributed by atoms with Crippen molar-refractivity contribution in [3.8, 4) is 0 Å². The van der Waals surface area contributed by atoms with Crippen molar-refractivity contribution in [1.29, 1.82) is 0 Å². The van der Waals surface area contributed by atoms with Crippen LogP contribution in [0.1, 0.15) is 6.92 Å². The molecule has 3 heteroatoms. The molecule has 0 amide bonds. The summed E-state index contributed by atoms with van der Waals surface area (Å²) in [6.07, 6.45) is -0.972. The van der Waals surface area contributed by atoms with Gasteiger partial charge in [-0.2, -0.15) is 0 Å². The molecule has 0 spiro atoms. The van der Waals surface area contributed by atoms with Crippen molar-refractivity contribution in [3.05, 3.63) is 0 Å². The van der Waals surface area contributed by atoms with Crippen LogP contribution < -0.4 is 0 Å². The topological polar surface area (TPSA) is 38.4 Å². The van der Waals surface area contributed by atoms with Crippen LogP contribution in [-0.4, -0.2) is 20.2 Å². The second-order valence-electron chi connectivity index (χ2n) is 1.14. The van der Waals surface area contributed by atoms with Crippen LogP contribution in [-0.2, 0) is 14.6 Å². The van der Waals surface area contributed by atoms with Gasteiger partial charge in [0.25, 0.3) is 0 Å². The minimum absolute atomic E-state index is 0.0880. The number of ether oxygens (including phenoxy) is 2. The molecule has 0 saturated carbocycles. The van der Waals surface area contributed by atoms with Crippen molar-refractivity contribution in [2.24, 2.45) is 0 Å². The largest absolute Gasteiger partial charge is 0.359 e. The van der Waals surface area contributed by atoms with E-state index in [1.54, 1.807) is 0 Å². The Morgan fingerprint density at radius 3 is 2.43 bits per heavy atom. The van der Waals surface area contributed by atoms with Crippen LogP contribution in [0.15, 0.2) is 0 Å². The lowest BCUT2D eigenvalue weighted by Crippen LogP contribution is -2.06. The number of hydrogen-bond donors (Lipinski definition) is 0. The van der Waals surface area contributed by atoms with Crippen LogP contribution in [0.4, 0.5) is 0 Å². The highest BCUT2D eigenvalue weighted by atomic mass is 16.7.